The van der Waals surface area contributed by atoms with Crippen LogP contribution in [0.25, 0.3) is 5.82 Å². The Hall–Kier alpha value is -1.80. The number of pyridine rings is 1. The van der Waals surface area contributed by atoms with Crippen molar-refractivity contribution >= 4 is 21.8 Å². The monoisotopic (exact) mass is 325 g/mol. The molecule has 1 amide bonds. The first-order chi connectivity index (χ1) is 9.13. The summed E-state index contributed by atoms with van der Waals surface area (Å²) in [7, 11) is 1.63. The lowest BCUT2D eigenvalue weighted by Gasteiger charge is -2.16. The number of hydrogen-bond acceptors (Lipinski definition) is 5. The molecule has 0 aliphatic carbocycles. The van der Waals surface area contributed by atoms with Crippen LogP contribution in [0.5, 0.6) is 0 Å². The fourth-order valence-corrected chi connectivity index (χ4v) is 2.07. The molecule has 0 aromatic carbocycles. The third kappa shape index (κ3) is 2.96. The first kappa shape index (κ1) is 13.6. The summed E-state index contributed by atoms with van der Waals surface area (Å²) < 4.78 is 2.30. The Bertz CT molecular complexity index is 572. The summed E-state index contributed by atoms with van der Waals surface area (Å²) in [4.78, 5) is 17.6. The van der Waals surface area contributed by atoms with Gasteiger partial charge in [0.15, 0.2) is 5.82 Å². The van der Waals surface area contributed by atoms with Crippen LogP contribution in [0.1, 0.15) is 10.4 Å². The molecule has 0 radical (unpaired) electrons. The fourth-order valence-electron chi connectivity index (χ4n) is 1.52. The molecule has 0 saturated carbocycles. The van der Waals surface area contributed by atoms with E-state index in [2.05, 4.69) is 31.1 Å². The molecule has 2 aromatic heterocycles. The molecular weight excluding hydrogens is 314 g/mol. The topological polar surface area (TPSA) is 84.1 Å². The third-order valence-electron chi connectivity index (χ3n) is 2.51. The Morgan fingerprint density at radius 1 is 1.47 bits per heavy atom. The summed E-state index contributed by atoms with van der Waals surface area (Å²) >= 11 is 3.37. The minimum Gasteiger partial charge on any atom is -0.395 e. The lowest BCUT2D eigenvalue weighted by Crippen LogP contribution is -2.29. The molecule has 100 valence electrons. The maximum Gasteiger partial charge on any atom is 0.255 e. The van der Waals surface area contributed by atoms with Gasteiger partial charge in [-0.15, -0.1) is 10.2 Å². The third-order valence-corrected chi connectivity index (χ3v) is 3.10. The highest BCUT2D eigenvalue weighted by atomic mass is 79.9. The highest BCUT2D eigenvalue weighted by Crippen LogP contribution is 2.20. The van der Waals surface area contributed by atoms with Gasteiger partial charge in [-0.05, 0) is 22.0 Å². The molecule has 0 unspecified atom stereocenters. The maximum absolute atomic E-state index is 12.0. The molecule has 2 aromatic rings. The average molecular weight is 326 g/mol. The van der Waals surface area contributed by atoms with Crippen LogP contribution in [-0.4, -0.2) is 55.9 Å². The largest absolute Gasteiger partial charge is 0.395 e. The molecule has 0 fully saturated rings. The molecule has 0 spiro atoms. The summed E-state index contributed by atoms with van der Waals surface area (Å²) in [6.45, 7) is 0.208. The summed E-state index contributed by atoms with van der Waals surface area (Å²) in [6.07, 6.45) is 4.52. The standard InChI is InChI=1S/C11H12BrN5O2/c1-16(2-3-18)11(19)8-4-9(12)10(13-5-8)17-6-14-15-7-17/h4-7,18H,2-3H2,1H3. The molecule has 0 atom stereocenters. The van der Waals surface area contributed by atoms with Crippen molar-refractivity contribution in [3.05, 3.63) is 35.0 Å². The van der Waals surface area contributed by atoms with E-state index in [0.29, 0.717) is 15.9 Å². The first-order valence-corrected chi connectivity index (χ1v) is 6.29. The maximum atomic E-state index is 12.0. The van der Waals surface area contributed by atoms with Crippen LogP contribution in [0.4, 0.5) is 0 Å². The van der Waals surface area contributed by atoms with E-state index in [-0.39, 0.29) is 19.1 Å². The Kier molecular flexibility index (Phi) is 4.23. The van der Waals surface area contributed by atoms with Crippen molar-refractivity contribution in [2.45, 2.75) is 0 Å². The first-order valence-electron chi connectivity index (χ1n) is 5.50. The van der Waals surface area contributed by atoms with E-state index in [4.69, 9.17) is 5.11 Å². The molecule has 8 heteroatoms. The van der Waals surface area contributed by atoms with Crippen molar-refractivity contribution in [1.82, 2.24) is 24.6 Å². The molecule has 0 aliphatic rings. The highest BCUT2D eigenvalue weighted by Gasteiger charge is 2.14. The van der Waals surface area contributed by atoms with Crippen molar-refractivity contribution in [3.63, 3.8) is 0 Å². The normalized spacial score (nSPS) is 10.5. The number of aromatic nitrogens is 4. The van der Waals surface area contributed by atoms with E-state index < -0.39 is 0 Å². The van der Waals surface area contributed by atoms with Gasteiger partial charge in [0, 0.05) is 19.8 Å². The van der Waals surface area contributed by atoms with Crippen LogP contribution in [0, 0.1) is 0 Å². The zero-order valence-corrected chi connectivity index (χ0v) is 11.8. The summed E-state index contributed by atoms with van der Waals surface area (Å²) in [5, 5.41) is 16.2. The van der Waals surface area contributed by atoms with Crippen LogP contribution in [0.2, 0.25) is 0 Å². The lowest BCUT2D eigenvalue weighted by molar-refractivity contribution is 0.0766. The van der Waals surface area contributed by atoms with Crippen LogP contribution in [-0.2, 0) is 0 Å². The summed E-state index contributed by atoms with van der Waals surface area (Å²) in [5.41, 5.74) is 0.444. The second-order valence-electron chi connectivity index (χ2n) is 3.85. The number of rotatable bonds is 4. The number of amides is 1. The van der Waals surface area contributed by atoms with Gasteiger partial charge in [-0.2, -0.15) is 0 Å². The minimum absolute atomic E-state index is 0.0738. The van der Waals surface area contributed by atoms with E-state index in [0.717, 1.165) is 0 Å². The van der Waals surface area contributed by atoms with Crippen molar-refractivity contribution in [2.75, 3.05) is 20.2 Å². The zero-order chi connectivity index (χ0) is 13.8. The molecule has 2 rings (SSSR count). The van der Waals surface area contributed by atoms with Gasteiger partial charge in [-0.1, -0.05) is 0 Å². The minimum atomic E-state index is -0.197. The van der Waals surface area contributed by atoms with Gasteiger partial charge in [0.05, 0.1) is 16.6 Å². The highest BCUT2D eigenvalue weighted by molar-refractivity contribution is 9.10. The quantitative estimate of drug-likeness (QED) is 0.884. The summed E-state index contributed by atoms with van der Waals surface area (Å²) in [6, 6.07) is 1.68. The molecule has 0 bridgehead atoms. The average Bonchev–Trinajstić information content (AvgIpc) is 2.91. The smallest absolute Gasteiger partial charge is 0.255 e. The number of carbonyl (C=O) groups excluding carboxylic acids is 1. The molecule has 1 N–H and O–H groups in total. The van der Waals surface area contributed by atoms with Crippen LogP contribution in [0.15, 0.2) is 29.4 Å². The van der Waals surface area contributed by atoms with Gasteiger partial charge in [0.2, 0.25) is 0 Å². The second kappa shape index (κ2) is 5.89. The second-order valence-corrected chi connectivity index (χ2v) is 4.70. The predicted molar refractivity (Wildman–Crippen MR) is 70.9 cm³/mol. The molecular formula is C11H12BrN5O2. The molecule has 0 saturated heterocycles. The zero-order valence-electron chi connectivity index (χ0n) is 10.2. The molecule has 0 aliphatic heterocycles. The van der Waals surface area contributed by atoms with Crippen LogP contribution >= 0.6 is 15.9 Å². The van der Waals surface area contributed by atoms with E-state index in [1.807, 2.05) is 0 Å². The van der Waals surface area contributed by atoms with Gasteiger partial charge in [0.25, 0.3) is 5.91 Å². The van der Waals surface area contributed by atoms with Gasteiger partial charge >= 0.3 is 0 Å². The van der Waals surface area contributed by atoms with Crippen LogP contribution < -0.4 is 0 Å². The van der Waals surface area contributed by atoms with E-state index >= 15 is 0 Å². The Morgan fingerprint density at radius 3 is 2.74 bits per heavy atom. The van der Waals surface area contributed by atoms with Crippen molar-refractivity contribution < 1.29 is 9.90 Å². The van der Waals surface area contributed by atoms with Crippen molar-refractivity contribution in [3.8, 4) is 5.82 Å². The number of halogens is 1. The number of likely N-dealkylation sites (N-methyl/N-ethyl adjacent to an activating group) is 1. The van der Waals surface area contributed by atoms with Gasteiger partial charge in [0.1, 0.15) is 12.7 Å². The van der Waals surface area contributed by atoms with E-state index in [9.17, 15) is 4.79 Å². The lowest BCUT2D eigenvalue weighted by atomic mass is 10.2. The summed E-state index contributed by atoms with van der Waals surface area (Å²) in [5.74, 6) is 0.406. The Labute approximate surface area is 118 Å². The van der Waals surface area contributed by atoms with Gasteiger partial charge in [-0.25, -0.2) is 4.98 Å². The molecule has 19 heavy (non-hydrogen) atoms. The number of carbonyl (C=O) groups is 1. The van der Waals surface area contributed by atoms with Crippen molar-refractivity contribution in [2.24, 2.45) is 0 Å². The molecule has 2 heterocycles. The SMILES string of the molecule is CN(CCO)C(=O)c1cnc(-n2cnnc2)c(Br)c1. The molecule has 7 nitrogen and oxygen atoms in total. The van der Waals surface area contributed by atoms with Gasteiger partial charge in [-0.3, -0.25) is 9.36 Å². The van der Waals surface area contributed by atoms with Gasteiger partial charge < -0.3 is 10.0 Å². The number of nitrogens with zero attached hydrogens (tertiary/aromatic N) is 5. The fraction of sp³-hybridized carbons (Fsp3) is 0.273. The number of hydrogen-bond donors (Lipinski definition) is 1. The van der Waals surface area contributed by atoms with Crippen LogP contribution in [0.3, 0.4) is 0 Å². The van der Waals surface area contributed by atoms with E-state index in [1.165, 1.54) is 23.8 Å². The Morgan fingerprint density at radius 2 is 2.16 bits per heavy atom. The predicted octanol–water partition coefficient (Wildman–Crippen LogP) is 0.489. The van der Waals surface area contributed by atoms with Crippen molar-refractivity contribution in [1.29, 1.82) is 0 Å². The Balaban J connectivity index is 2.26. The number of aliphatic hydroxyl groups excluding tert-OH is 1. The van der Waals surface area contributed by atoms with E-state index in [1.54, 1.807) is 17.7 Å². The number of aliphatic hydroxyl groups is 1.